The lowest BCUT2D eigenvalue weighted by atomic mass is 10.2. The number of anilines is 1. The lowest BCUT2D eigenvalue weighted by molar-refractivity contribution is -0.137. The fraction of sp³-hybridized carbons (Fsp3) is 0.364. The third-order valence-electron chi connectivity index (χ3n) is 2.38. The molecule has 9 nitrogen and oxygen atoms in total. The molecule has 0 spiro atoms. The van der Waals surface area contributed by atoms with E-state index in [0.29, 0.717) is 17.3 Å². The SMILES string of the molecule is Cc1cc(NC(=O)Cn2cc(CCC(=O)O)nn2)no1. The number of carboxylic acids is 1. The van der Waals surface area contributed by atoms with E-state index < -0.39 is 5.97 Å². The van der Waals surface area contributed by atoms with Gasteiger partial charge in [-0.2, -0.15) is 0 Å². The number of rotatable bonds is 6. The molecule has 0 aliphatic rings. The average Bonchev–Trinajstić information content (AvgIpc) is 2.96. The number of amides is 1. The summed E-state index contributed by atoms with van der Waals surface area (Å²) in [7, 11) is 0. The zero-order valence-corrected chi connectivity index (χ0v) is 10.7. The molecule has 0 aliphatic heterocycles. The van der Waals surface area contributed by atoms with E-state index in [2.05, 4.69) is 20.8 Å². The van der Waals surface area contributed by atoms with Gasteiger partial charge >= 0.3 is 5.97 Å². The quantitative estimate of drug-likeness (QED) is 0.775. The average molecular weight is 279 g/mol. The van der Waals surface area contributed by atoms with Crippen molar-refractivity contribution in [3.05, 3.63) is 23.7 Å². The van der Waals surface area contributed by atoms with Crippen LogP contribution in [0.15, 0.2) is 16.8 Å². The fourth-order valence-electron chi connectivity index (χ4n) is 1.52. The van der Waals surface area contributed by atoms with Crippen LogP contribution < -0.4 is 5.32 Å². The summed E-state index contributed by atoms with van der Waals surface area (Å²) >= 11 is 0. The van der Waals surface area contributed by atoms with E-state index >= 15 is 0 Å². The van der Waals surface area contributed by atoms with Crippen LogP contribution in [0, 0.1) is 6.92 Å². The first-order valence-electron chi connectivity index (χ1n) is 5.87. The number of carbonyl (C=O) groups excluding carboxylic acids is 1. The highest BCUT2D eigenvalue weighted by Crippen LogP contribution is 2.07. The third-order valence-corrected chi connectivity index (χ3v) is 2.38. The van der Waals surface area contributed by atoms with Gasteiger partial charge in [0, 0.05) is 18.7 Å². The Bertz CT molecular complexity index is 618. The predicted molar refractivity (Wildman–Crippen MR) is 65.8 cm³/mol. The Balaban J connectivity index is 1.86. The van der Waals surface area contributed by atoms with Gasteiger partial charge < -0.3 is 14.9 Å². The van der Waals surface area contributed by atoms with Crippen LogP contribution >= 0.6 is 0 Å². The summed E-state index contributed by atoms with van der Waals surface area (Å²) in [6.45, 7) is 1.68. The standard InChI is InChI=1S/C11H13N5O4/c1-7-4-9(14-20-7)12-10(17)6-16-5-8(13-15-16)2-3-11(18)19/h4-5H,2-3,6H2,1H3,(H,18,19)(H,12,14,17). The molecule has 0 saturated carbocycles. The van der Waals surface area contributed by atoms with Crippen molar-refractivity contribution in [3.63, 3.8) is 0 Å². The Labute approximate surface area is 113 Å². The number of carbonyl (C=O) groups is 2. The van der Waals surface area contributed by atoms with Gasteiger partial charge in [0.05, 0.1) is 12.1 Å². The second-order valence-electron chi connectivity index (χ2n) is 4.17. The van der Waals surface area contributed by atoms with Crippen molar-refractivity contribution < 1.29 is 19.2 Å². The van der Waals surface area contributed by atoms with Crippen molar-refractivity contribution >= 4 is 17.7 Å². The van der Waals surface area contributed by atoms with Gasteiger partial charge in [0.25, 0.3) is 0 Å². The molecular weight excluding hydrogens is 266 g/mol. The largest absolute Gasteiger partial charge is 0.481 e. The van der Waals surface area contributed by atoms with Crippen molar-refractivity contribution in [2.45, 2.75) is 26.3 Å². The molecular formula is C11H13N5O4. The van der Waals surface area contributed by atoms with Gasteiger partial charge in [0.2, 0.25) is 5.91 Å². The molecule has 20 heavy (non-hydrogen) atoms. The summed E-state index contributed by atoms with van der Waals surface area (Å²) in [5.74, 6) is -0.303. The number of aromatic nitrogens is 4. The van der Waals surface area contributed by atoms with Gasteiger partial charge in [-0.3, -0.25) is 9.59 Å². The van der Waals surface area contributed by atoms with Crippen molar-refractivity contribution in [2.24, 2.45) is 0 Å². The Morgan fingerprint density at radius 1 is 1.50 bits per heavy atom. The van der Waals surface area contributed by atoms with Gasteiger partial charge in [-0.15, -0.1) is 5.10 Å². The van der Waals surface area contributed by atoms with Crippen LogP contribution in [0.5, 0.6) is 0 Å². The maximum Gasteiger partial charge on any atom is 0.303 e. The summed E-state index contributed by atoms with van der Waals surface area (Å²) in [5.41, 5.74) is 0.525. The summed E-state index contributed by atoms with van der Waals surface area (Å²) in [6.07, 6.45) is 1.79. The molecule has 2 heterocycles. The number of hydrogen-bond donors (Lipinski definition) is 2. The fourth-order valence-corrected chi connectivity index (χ4v) is 1.52. The highest BCUT2D eigenvalue weighted by atomic mass is 16.5. The number of aliphatic carboxylic acids is 1. The minimum Gasteiger partial charge on any atom is -0.481 e. The monoisotopic (exact) mass is 279 g/mol. The molecule has 0 radical (unpaired) electrons. The second-order valence-corrected chi connectivity index (χ2v) is 4.17. The number of nitrogens with zero attached hydrogens (tertiary/aromatic N) is 4. The number of aryl methyl sites for hydroxylation is 2. The first-order valence-corrected chi connectivity index (χ1v) is 5.87. The lowest BCUT2D eigenvalue weighted by Crippen LogP contribution is -2.19. The molecule has 1 amide bonds. The van der Waals surface area contributed by atoms with Crippen molar-refractivity contribution in [2.75, 3.05) is 5.32 Å². The minimum atomic E-state index is -0.904. The highest BCUT2D eigenvalue weighted by Gasteiger charge is 2.09. The van der Waals surface area contributed by atoms with E-state index in [-0.39, 0.29) is 25.3 Å². The highest BCUT2D eigenvalue weighted by molar-refractivity contribution is 5.89. The minimum absolute atomic E-state index is 0.0247. The molecule has 2 N–H and O–H groups in total. The molecule has 0 fully saturated rings. The first kappa shape index (κ1) is 13.7. The topological polar surface area (TPSA) is 123 Å². The molecule has 0 atom stereocenters. The van der Waals surface area contributed by atoms with Gasteiger partial charge in [-0.25, -0.2) is 4.68 Å². The van der Waals surface area contributed by atoms with Crippen LogP contribution in [-0.4, -0.2) is 37.1 Å². The maximum atomic E-state index is 11.7. The van der Waals surface area contributed by atoms with Gasteiger partial charge in [-0.1, -0.05) is 10.4 Å². The second kappa shape index (κ2) is 5.95. The van der Waals surface area contributed by atoms with Crippen LogP contribution in [0.25, 0.3) is 0 Å². The Hall–Kier alpha value is -2.71. The zero-order valence-electron chi connectivity index (χ0n) is 10.7. The van der Waals surface area contributed by atoms with Crippen LogP contribution in [-0.2, 0) is 22.6 Å². The molecule has 106 valence electrons. The smallest absolute Gasteiger partial charge is 0.303 e. The predicted octanol–water partition coefficient (Wildman–Crippen LogP) is 0.230. The number of carboxylic acid groups (broad SMARTS) is 1. The Morgan fingerprint density at radius 2 is 2.30 bits per heavy atom. The molecule has 2 aromatic rings. The van der Waals surface area contributed by atoms with E-state index in [1.165, 1.54) is 10.9 Å². The molecule has 0 bridgehead atoms. The maximum absolute atomic E-state index is 11.7. The zero-order chi connectivity index (χ0) is 14.5. The first-order chi connectivity index (χ1) is 9.52. The van der Waals surface area contributed by atoms with E-state index in [0.717, 1.165) is 0 Å². The molecule has 2 aromatic heterocycles. The Morgan fingerprint density at radius 3 is 2.95 bits per heavy atom. The van der Waals surface area contributed by atoms with Crippen molar-refractivity contribution in [3.8, 4) is 0 Å². The van der Waals surface area contributed by atoms with Crippen LogP contribution in [0.3, 0.4) is 0 Å². The lowest BCUT2D eigenvalue weighted by Gasteiger charge is -2.00. The summed E-state index contributed by atoms with van der Waals surface area (Å²) in [4.78, 5) is 22.1. The molecule has 2 rings (SSSR count). The Kier molecular flexibility index (Phi) is 4.08. The molecule has 0 saturated heterocycles. The van der Waals surface area contributed by atoms with Crippen LogP contribution in [0.1, 0.15) is 17.9 Å². The van der Waals surface area contributed by atoms with E-state index in [1.807, 2.05) is 0 Å². The van der Waals surface area contributed by atoms with Gasteiger partial charge in [-0.05, 0) is 6.92 Å². The van der Waals surface area contributed by atoms with Gasteiger partial charge in [0.1, 0.15) is 12.3 Å². The normalized spacial score (nSPS) is 10.4. The molecule has 0 aliphatic carbocycles. The molecule has 9 heteroatoms. The molecule has 0 aromatic carbocycles. The number of nitrogens with one attached hydrogen (secondary N) is 1. The summed E-state index contributed by atoms with van der Waals surface area (Å²) < 4.78 is 6.15. The van der Waals surface area contributed by atoms with Crippen molar-refractivity contribution in [1.82, 2.24) is 20.2 Å². The van der Waals surface area contributed by atoms with E-state index in [9.17, 15) is 9.59 Å². The van der Waals surface area contributed by atoms with Crippen LogP contribution in [0.2, 0.25) is 0 Å². The van der Waals surface area contributed by atoms with E-state index in [1.54, 1.807) is 13.0 Å². The van der Waals surface area contributed by atoms with Gasteiger partial charge in [0.15, 0.2) is 5.82 Å². The molecule has 0 unspecified atom stereocenters. The van der Waals surface area contributed by atoms with E-state index in [4.69, 9.17) is 9.63 Å². The summed E-state index contributed by atoms with van der Waals surface area (Å²) in [6, 6.07) is 1.59. The van der Waals surface area contributed by atoms with Crippen LogP contribution in [0.4, 0.5) is 5.82 Å². The number of hydrogen-bond acceptors (Lipinski definition) is 6. The van der Waals surface area contributed by atoms with Crippen molar-refractivity contribution in [1.29, 1.82) is 0 Å². The summed E-state index contributed by atoms with van der Waals surface area (Å²) in [5, 5.41) is 22.3. The third kappa shape index (κ3) is 3.90.